The van der Waals surface area contributed by atoms with Crippen molar-refractivity contribution in [1.29, 1.82) is 0 Å². The Balaban J connectivity index is 1.37. The van der Waals surface area contributed by atoms with Crippen LogP contribution in [-0.2, 0) is 29.1 Å². The van der Waals surface area contributed by atoms with Gasteiger partial charge in [0.2, 0.25) is 27.7 Å². The maximum atomic E-state index is 15.1. The van der Waals surface area contributed by atoms with Crippen molar-refractivity contribution in [3.05, 3.63) is 36.3 Å². The molecule has 1 saturated heterocycles. The SMILES string of the molecule is COc1cc2c(OC)cnc(O[C@@H]3C[C@H]4C(=O)N[C@]5(C(=O)NS(=O)(=O)C6(CF)CC6)C[C@H]5/C=C\CC[C@@H](C)C[C@@H](C)[C@H](NC(=O)OC(C)(C)C)C(=O)N4C3)c2cc1F. The van der Waals surface area contributed by atoms with Crippen molar-refractivity contribution in [2.75, 3.05) is 27.4 Å². The van der Waals surface area contributed by atoms with E-state index in [4.69, 9.17) is 18.9 Å². The summed E-state index contributed by atoms with van der Waals surface area (Å²) in [5, 5.41) is 6.18. The molecular weight excluding hydrogens is 781 g/mol. The van der Waals surface area contributed by atoms with Crippen molar-refractivity contribution in [3.63, 3.8) is 0 Å². The Kier molecular flexibility index (Phi) is 11.9. The fraction of sp³-hybridized carbons (Fsp3) is 0.625. The lowest BCUT2D eigenvalue weighted by molar-refractivity contribution is -0.142. The Morgan fingerprint density at radius 1 is 1.07 bits per heavy atom. The van der Waals surface area contributed by atoms with Crippen LogP contribution in [0.4, 0.5) is 13.6 Å². The summed E-state index contributed by atoms with van der Waals surface area (Å²) in [5.74, 6) is -3.77. The van der Waals surface area contributed by atoms with Gasteiger partial charge in [-0.1, -0.05) is 26.0 Å². The first-order chi connectivity index (χ1) is 27.3. The van der Waals surface area contributed by atoms with Crippen molar-refractivity contribution in [3.8, 4) is 17.4 Å². The van der Waals surface area contributed by atoms with Crippen LogP contribution in [0, 0.1) is 23.6 Å². The molecule has 6 rings (SSSR count). The van der Waals surface area contributed by atoms with Crippen LogP contribution in [0.5, 0.6) is 17.4 Å². The van der Waals surface area contributed by atoms with Gasteiger partial charge in [0.15, 0.2) is 11.6 Å². The number of ether oxygens (including phenoxy) is 4. The smallest absolute Gasteiger partial charge is 0.408 e. The van der Waals surface area contributed by atoms with Crippen molar-refractivity contribution in [1.82, 2.24) is 25.2 Å². The highest BCUT2D eigenvalue weighted by atomic mass is 32.2. The summed E-state index contributed by atoms with van der Waals surface area (Å²) < 4.78 is 78.2. The highest BCUT2D eigenvalue weighted by Gasteiger charge is 2.64. The van der Waals surface area contributed by atoms with Gasteiger partial charge in [0.1, 0.15) is 46.5 Å². The molecule has 2 aliphatic carbocycles. The highest BCUT2D eigenvalue weighted by Crippen LogP contribution is 2.48. The molecule has 58 heavy (non-hydrogen) atoms. The lowest BCUT2D eigenvalue weighted by Crippen LogP contribution is -2.59. The van der Waals surface area contributed by atoms with Gasteiger partial charge in [-0.3, -0.25) is 19.1 Å². The molecule has 0 unspecified atom stereocenters. The van der Waals surface area contributed by atoms with E-state index in [0.29, 0.717) is 30.4 Å². The molecule has 3 heterocycles. The standard InChI is InChI=1S/C40H53F2N5O10S/c1-22-10-8-9-11-24-18-40(24,36(50)46-58(52,53)39(21-41)12-13-39)45-33(48)29-15-25(20-47(29)35(49)32(23(2)14-22)44-37(51)57-38(3,4)5)56-34-27-16-28(42)30(54-6)17-26(27)31(55-7)19-43-34/h9,11,16-17,19,22-25,29,32H,8,10,12-15,18,20-21H2,1-7H3,(H,44,51)(H,45,48)(H,46,50)/b11-9-/t22-,23-,24-,25-,29+,32+,40-/m1/s1. The van der Waals surface area contributed by atoms with Crippen LogP contribution in [0.3, 0.4) is 0 Å². The largest absolute Gasteiger partial charge is 0.494 e. The molecule has 0 bridgehead atoms. The number of carbonyl (C=O) groups is 4. The number of amides is 4. The summed E-state index contributed by atoms with van der Waals surface area (Å²) in [5.41, 5.74) is -2.59. The Hall–Kier alpha value is -4.74. The minimum Gasteiger partial charge on any atom is -0.494 e. The number of halogens is 2. The van der Waals surface area contributed by atoms with Crippen molar-refractivity contribution in [2.24, 2.45) is 17.8 Å². The molecule has 1 aromatic heterocycles. The number of carbonyl (C=O) groups excluding carboxylic acids is 4. The van der Waals surface area contributed by atoms with E-state index in [-0.39, 0.29) is 55.2 Å². The quantitative estimate of drug-likeness (QED) is 0.302. The van der Waals surface area contributed by atoms with E-state index in [9.17, 15) is 32.0 Å². The summed E-state index contributed by atoms with van der Waals surface area (Å²) in [6.07, 6.45) is 5.15. The van der Waals surface area contributed by atoms with E-state index in [2.05, 4.69) is 20.3 Å². The predicted octanol–water partition coefficient (Wildman–Crippen LogP) is 4.47. The lowest BCUT2D eigenvalue weighted by atomic mass is 9.88. The van der Waals surface area contributed by atoms with Crippen LogP contribution in [0.15, 0.2) is 30.5 Å². The molecule has 0 radical (unpaired) electrons. The average molecular weight is 834 g/mol. The zero-order valence-corrected chi connectivity index (χ0v) is 34.7. The molecular formula is C40H53F2N5O10S. The van der Waals surface area contributed by atoms with Crippen LogP contribution in [-0.4, -0.2) is 104 Å². The van der Waals surface area contributed by atoms with Gasteiger partial charge in [0.25, 0.3) is 5.91 Å². The zero-order valence-electron chi connectivity index (χ0n) is 33.9. The number of fused-ring (bicyclic) bond motifs is 3. The number of rotatable bonds is 9. The average Bonchev–Trinajstić information content (AvgIpc) is 4.05. The topological polar surface area (TPSA) is 192 Å². The van der Waals surface area contributed by atoms with Gasteiger partial charge in [-0.05, 0) is 83.3 Å². The normalized spacial score (nSPS) is 29.1. The van der Waals surface area contributed by atoms with Gasteiger partial charge in [0.05, 0.1) is 32.3 Å². The van der Waals surface area contributed by atoms with Crippen LogP contribution in [0.2, 0.25) is 0 Å². The number of benzene rings is 1. The second-order valence-corrected chi connectivity index (χ2v) is 19.2. The molecule has 4 aliphatic rings. The van der Waals surface area contributed by atoms with E-state index in [1.807, 2.05) is 19.9 Å². The summed E-state index contributed by atoms with van der Waals surface area (Å²) in [6.45, 7) is 7.58. The number of methoxy groups -OCH3 is 2. The van der Waals surface area contributed by atoms with Gasteiger partial charge >= 0.3 is 6.09 Å². The van der Waals surface area contributed by atoms with Gasteiger partial charge in [0, 0.05) is 17.7 Å². The summed E-state index contributed by atoms with van der Waals surface area (Å²) in [4.78, 5) is 62.1. The van der Waals surface area contributed by atoms with E-state index in [0.717, 1.165) is 0 Å². The third kappa shape index (κ3) is 8.66. The molecule has 318 valence electrons. The van der Waals surface area contributed by atoms with Gasteiger partial charge in [-0.15, -0.1) is 0 Å². The first-order valence-electron chi connectivity index (χ1n) is 19.5. The van der Waals surface area contributed by atoms with Crippen molar-refractivity contribution >= 4 is 44.6 Å². The van der Waals surface area contributed by atoms with Crippen LogP contribution in [0.25, 0.3) is 10.8 Å². The highest BCUT2D eigenvalue weighted by molar-refractivity contribution is 7.91. The third-order valence-corrected chi connectivity index (χ3v) is 13.6. The molecule has 3 N–H and O–H groups in total. The van der Waals surface area contributed by atoms with Crippen LogP contribution >= 0.6 is 0 Å². The Labute approximate surface area is 337 Å². The number of aromatic nitrogens is 1. The Morgan fingerprint density at radius 2 is 1.78 bits per heavy atom. The van der Waals surface area contributed by atoms with Gasteiger partial charge in [-0.2, -0.15) is 0 Å². The first kappa shape index (κ1) is 42.9. The number of hydrogen-bond donors (Lipinski definition) is 3. The maximum Gasteiger partial charge on any atom is 0.408 e. The number of hydrogen-bond acceptors (Lipinski definition) is 11. The number of nitrogens with zero attached hydrogens (tertiary/aromatic N) is 2. The lowest BCUT2D eigenvalue weighted by Gasteiger charge is -2.33. The summed E-state index contributed by atoms with van der Waals surface area (Å²) in [7, 11) is -1.67. The van der Waals surface area contributed by atoms with E-state index in [1.165, 1.54) is 37.4 Å². The number of allylic oxidation sites excluding steroid dienone is 1. The monoisotopic (exact) mass is 833 g/mol. The molecule has 4 amide bonds. The zero-order chi connectivity index (χ0) is 42.4. The molecule has 3 fully saturated rings. The first-order valence-corrected chi connectivity index (χ1v) is 21.0. The molecule has 15 nitrogen and oxygen atoms in total. The molecule has 7 atom stereocenters. The van der Waals surface area contributed by atoms with Crippen LogP contribution < -0.4 is 29.6 Å². The number of sulfonamides is 1. The second-order valence-electron chi connectivity index (χ2n) is 17.1. The summed E-state index contributed by atoms with van der Waals surface area (Å²) in [6, 6.07) is 0.177. The number of pyridine rings is 1. The maximum absolute atomic E-state index is 15.1. The molecule has 18 heteroatoms. The molecule has 2 saturated carbocycles. The van der Waals surface area contributed by atoms with Gasteiger partial charge < -0.3 is 34.5 Å². The number of alkyl carbamates (subject to hydrolysis) is 1. The van der Waals surface area contributed by atoms with Crippen molar-refractivity contribution in [2.45, 2.75) is 114 Å². The molecule has 2 aromatic rings. The van der Waals surface area contributed by atoms with Gasteiger partial charge in [-0.25, -0.2) is 27.0 Å². The van der Waals surface area contributed by atoms with Crippen LogP contribution in [0.1, 0.15) is 79.6 Å². The minimum atomic E-state index is -4.42. The molecule has 1 aromatic carbocycles. The fourth-order valence-corrected chi connectivity index (χ4v) is 9.37. The molecule has 2 aliphatic heterocycles. The third-order valence-electron chi connectivity index (χ3n) is 11.5. The van der Waals surface area contributed by atoms with E-state index < -0.39 is 92.2 Å². The van der Waals surface area contributed by atoms with Crippen molar-refractivity contribution < 1.29 is 55.3 Å². The fourth-order valence-electron chi connectivity index (χ4n) is 7.95. The Bertz CT molecular complexity index is 2090. The number of nitrogens with one attached hydrogen (secondary N) is 3. The molecule has 0 spiro atoms. The second kappa shape index (κ2) is 16.1. The minimum absolute atomic E-state index is 0.0149. The van der Waals surface area contributed by atoms with E-state index in [1.54, 1.807) is 26.8 Å². The van der Waals surface area contributed by atoms with E-state index >= 15 is 4.39 Å². The predicted molar refractivity (Wildman–Crippen MR) is 208 cm³/mol. The Morgan fingerprint density at radius 3 is 2.41 bits per heavy atom. The summed E-state index contributed by atoms with van der Waals surface area (Å²) >= 11 is 0. The number of alkyl halides is 1.